The van der Waals surface area contributed by atoms with Crippen LogP contribution in [0.25, 0.3) is 11.3 Å². The minimum atomic E-state index is 0.644. The van der Waals surface area contributed by atoms with Crippen molar-refractivity contribution < 1.29 is 0 Å². The van der Waals surface area contributed by atoms with Gasteiger partial charge in [-0.3, -0.25) is 5.43 Å². The molecule has 23 heavy (non-hydrogen) atoms. The Morgan fingerprint density at radius 1 is 1.13 bits per heavy atom. The van der Waals surface area contributed by atoms with E-state index in [0.717, 1.165) is 27.7 Å². The van der Waals surface area contributed by atoms with Crippen LogP contribution < -0.4 is 5.43 Å². The molecule has 1 aromatic heterocycles. The molecule has 0 unspecified atom stereocenters. The first-order valence-electron chi connectivity index (χ1n) is 7.08. The summed E-state index contributed by atoms with van der Waals surface area (Å²) in [5.74, 6) is 0. The highest BCUT2D eigenvalue weighted by molar-refractivity contribution is 7.14. The van der Waals surface area contributed by atoms with Crippen molar-refractivity contribution in [2.75, 3.05) is 5.43 Å². The number of nitriles is 1. The number of rotatable bonds is 4. The molecule has 0 saturated carbocycles. The van der Waals surface area contributed by atoms with E-state index in [1.54, 1.807) is 12.1 Å². The lowest BCUT2D eigenvalue weighted by atomic mass is 10.1. The molecule has 3 aromatic rings. The summed E-state index contributed by atoms with van der Waals surface area (Å²) in [6, 6.07) is 19.5. The third kappa shape index (κ3) is 3.62. The fourth-order valence-electron chi connectivity index (χ4n) is 2.05. The molecule has 5 heteroatoms. The van der Waals surface area contributed by atoms with Gasteiger partial charge in [0.25, 0.3) is 0 Å². The van der Waals surface area contributed by atoms with Crippen molar-refractivity contribution in [2.24, 2.45) is 5.10 Å². The zero-order valence-corrected chi connectivity index (χ0v) is 13.3. The molecule has 0 aliphatic heterocycles. The van der Waals surface area contributed by atoms with Crippen LogP contribution in [0.1, 0.15) is 18.1 Å². The highest BCUT2D eigenvalue weighted by Crippen LogP contribution is 2.25. The van der Waals surface area contributed by atoms with E-state index in [9.17, 15) is 0 Å². The van der Waals surface area contributed by atoms with Crippen molar-refractivity contribution in [2.45, 2.75) is 6.92 Å². The predicted octanol–water partition coefficient (Wildman–Crippen LogP) is 4.52. The number of hydrogen-bond acceptors (Lipinski definition) is 5. The quantitative estimate of drug-likeness (QED) is 0.568. The number of nitrogens with one attached hydrogen (secondary N) is 1. The molecular weight excluding hydrogens is 304 g/mol. The Labute approximate surface area is 138 Å². The van der Waals surface area contributed by atoms with Crippen LogP contribution in [0, 0.1) is 11.3 Å². The van der Waals surface area contributed by atoms with Crippen molar-refractivity contribution in [1.82, 2.24) is 4.98 Å². The van der Waals surface area contributed by atoms with Crippen LogP contribution >= 0.6 is 11.3 Å². The van der Waals surface area contributed by atoms with Gasteiger partial charge in [0.2, 0.25) is 5.13 Å². The Morgan fingerprint density at radius 2 is 1.87 bits per heavy atom. The second-order valence-corrected chi connectivity index (χ2v) is 5.76. The van der Waals surface area contributed by atoms with Gasteiger partial charge in [-0.15, -0.1) is 11.3 Å². The number of hydrazone groups is 1. The molecule has 0 aliphatic rings. The standard InChI is InChI=1S/C18H14N4S/c1-13(15-5-3-2-4-6-15)21-22-18-20-17(12-23-18)16-9-7-14(11-19)8-10-16/h2-10,12H,1H3,(H,20,22)/b21-13-. The molecule has 3 rings (SSSR count). The second-order valence-electron chi connectivity index (χ2n) is 4.90. The van der Waals surface area contributed by atoms with Gasteiger partial charge in [-0.25, -0.2) is 4.98 Å². The van der Waals surface area contributed by atoms with Crippen LogP contribution in [-0.4, -0.2) is 10.7 Å². The summed E-state index contributed by atoms with van der Waals surface area (Å²) in [5.41, 5.74) is 7.47. The molecule has 0 saturated heterocycles. The molecule has 0 amide bonds. The SMILES string of the molecule is C/C(=N/Nc1nc(-c2ccc(C#N)cc2)cs1)c1ccccc1. The van der Waals surface area contributed by atoms with E-state index in [2.05, 4.69) is 21.6 Å². The summed E-state index contributed by atoms with van der Waals surface area (Å²) in [5, 5.41) is 15.9. The summed E-state index contributed by atoms with van der Waals surface area (Å²) in [7, 11) is 0. The van der Waals surface area contributed by atoms with Crippen LogP contribution in [0.15, 0.2) is 65.1 Å². The molecule has 0 bridgehead atoms. The summed E-state index contributed by atoms with van der Waals surface area (Å²) in [6.07, 6.45) is 0. The highest BCUT2D eigenvalue weighted by atomic mass is 32.1. The zero-order valence-electron chi connectivity index (χ0n) is 12.5. The van der Waals surface area contributed by atoms with Gasteiger partial charge in [-0.1, -0.05) is 42.5 Å². The lowest BCUT2D eigenvalue weighted by Gasteiger charge is -2.00. The van der Waals surface area contributed by atoms with E-state index in [-0.39, 0.29) is 0 Å². The lowest BCUT2D eigenvalue weighted by Crippen LogP contribution is -1.99. The molecule has 0 fully saturated rings. The zero-order chi connectivity index (χ0) is 16.1. The number of hydrogen-bond donors (Lipinski definition) is 1. The summed E-state index contributed by atoms with van der Waals surface area (Å²) >= 11 is 1.50. The third-order valence-electron chi connectivity index (χ3n) is 3.32. The Morgan fingerprint density at radius 3 is 2.57 bits per heavy atom. The maximum Gasteiger partial charge on any atom is 0.203 e. The van der Waals surface area contributed by atoms with Gasteiger partial charge < -0.3 is 0 Å². The maximum absolute atomic E-state index is 8.83. The first-order chi connectivity index (χ1) is 11.3. The first kappa shape index (κ1) is 14.9. The Bertz CT molecular complexity index is 858. The van der Waals surface area contributed by atoms with Crippen LogP contribution in [0.3, 0.4) is 0 Å². The van der Waals surface area contributed by atoms with Gasteiger partial charge in [0.15, 0.2) is 0 Å². The molecule has 0 spiro atoms. The number of nitrogens with zero attached hydrogens (tertiary/aromatic N) is 3. The van der Waals surface area contributed by atoms with Crippen LogP contribution in [0.2, 0.25) is 0 Å². The lowest BCUT2D eigenvalue weighted by molar-refractivity contribution is 1.27. The van der Waals surface area contributed by atoms with Gasteiger partial charge in [-0.05, 0) is 24.6 Å². The van der Waals surface area contributed by atoms with E-state index in [1.165, 1.54) is 11.3 Å². The van der Waals surface area contributed by atoms with E-state index < -0.39 is 0 Å². The monoisotopic (exact) mass is 318 g/mol. The van der Waals surface area contributed by atoms with Crippen molar-refractivity contribution in [3.8, 4) is 17.3 Å². The van der Waals surface area contributed by atoms with Crippen LogP contribution in [0.4, 0.5) is 5.13 Å². The maximum atomic E-state index is 8.83. The van der Waals surface area contributed by atoms with E-state index in [1.807, 2.05) is 54.8 Å². The van der Waals surface area contributed by atoms with Gasteiger partial charge >= 0.3 is 0 Å². The van der Waals surface area contributed by atoms with Crippen LogP contribution in [0.5, 0.6) is 0 Å². The third-order valence-corrected chi connectivity index (χ3v) is 4.07. The van der Waals surface area contributed by atoms with Gasteiger partial charge in [0.05, 0.1) is 23.0 Å². The Hall–Kier alpha value is -2.97. The molecule has 112 valence electrons. The molecule has 0 atom stereocenters. The predicted molar refractivity (Wildman–Crippen MR) is 94.5 cm³/mol. The highest BCUT2D eigenvalue weighted by Gasteiger charge is 2.04. The topological polar surface area (TPSA) is 61.1 Å². The average Bonchev–Trinajstić information content (AvgIpc) is 3.09. The molecule has 1 heterocycles. The van der Waals surface area contributed by atoms with Crippen LogP contribution in [-0.2, 0) is 0 Å². The first-order valence-corrected chi connectivity index (χ1v) is 7.96. The number of anilines is 1. The number of aromatic nitrogens is 1. The summed E-state index contributed by atoms with van der Waals surface area (Å²) in [4.78, 5) is 4.52. The Kier molecular flexibility index (Phi) is 4.46. The Balaban J connectivity index is 1.73. The number of thiazole rings is 1. The van der Waals surface area contributed by atoms with E-state index >= 15 is 0 Å². The molecule has 0 aliphatic carbocycles. The minimum absolute atomic E-state index is 0.644. The average molecular weight is 318 g/mol. The van der Waals surface area contributed by atoms with Crippen molar-refractivity contribution in [3.63, 3.8) is 0 Å². The molecule has 1 N–H and O–H groups in total. The van der Waals surface area contributed by atoms with E-state index in [0.29, 0.717) is 5.56 Å². The minimum Gasteiger partial charge on any atom is -0.252 e. The van der Waals surface area contributed by atoms with E-state index in [4.69, 9.17) is 5.26 Å². The van der Waals surface area contributed by atoms with Crippen molar-refractivity contribution in [3.05, 3.63) is 71.1 Å². The normalized spacial score (nSPS) is 11.0. The molecule has 4 nitrogen and oxygen atoms in total. The smallest absolute Gasteiger partial charge is 0.203 e. The van der Waals surface area contributed by atoms with Gasteiger partial charge in [-0.2, -0.15) is 10.4 Å². The van der Waals surface area contributed by atoms with Crippen molar-refractivity contribution in [1.29, 1.82) is 5.26 Å². The molecule has 0 radical (unpaired) electrons. The fraction of sp³-hybridized carbons (Fsp3) is 0.0556. The number of benzene rings is 2. The van der Waals surface area contributed by atoms with Gasteiger partial charge in [0, 0.05) is 10.9 Å². The summed E-state index contributed by atoms with van der Waals surface area (Å²) in [6.45, 7) is 1.96. The summed E-state index contributed by atoms with van der Waals surface area (Å²) < 4.78 is 0. The fourth-order valence-corrected chi connectivity index (χ4v) is 2.71. The largest absolute Gasteiger partial charge is 0.252 e. The molecular formula is C18H14N4S. The molecule has 2 aromatic carbocycles. The second kappa shape index (κ2) is 6.86. The van der Waals surface area contributed by atoms with Crippen molar-refractivity contribution >= 4 is 22.2 Å². The van der Waals surface area contributed by atoms with Gasteiger partial charge in [0.1, 0.15) is 0 Å².